The number of carbonyl (C=O) groups excluding carboxylic acids is 3. The van der Waals surface area contributed by atoms with Crippen molar-refractivity contribution in [2.45, 2.75) is 38.5 Å². The van der Waals surface area contributed by atoms with Crippen LogP contribution >= 0.6 is 27.5 Å². The van der Waals surface area contributed by atoms with Crippen molar-refractivity contribution in [2.24, 2.45) is 11.5 Å². The van der Waals surface area contributed by atoms with Crippen LogP contribution in [0.4, 0.5) is 40.7 Å². The zero-order valence-corrected chi connectivity index (χ0v) is 33.9. The molecule has 4 aromatic rings. The highest BCUT2D eigenvalue weighted by Crippen LogP contribution is 2.34. The van der Waals surface area contributed by atoms with Crippen LogP contribution in [0.3, 0.4) is 0 Å². The molecule has 10 nitrogen and oxygen atoms in total. The van der Waals surface area contributed by atoms with E-state index in [1.165, 1.54) is 0 Å². The molecule has 0 heterocycles. The number of nitrogens with one attached hydrogen (secondary N) is 1. The lowest BCUT2D eigenvalue weighted by atomic mass is 9.98. The lowest BCUT2D eigenvalue weighted by molar-refractivity contribution is -0.137. The fourth-order valence-corrected chi connectivity index (χ4v) is 5.56. The first-order chi connectivity index (χ1) is 24.9. The van der Waals surface area contributed by atoms with E-state index < -0.39 is 23.4 Å². The van der Waals surface area contributed by atoms with Crippen molar-refractivity contribution in [3.05, 3.63) is 117 Å². The molecule has 0 unspecified atom stereocenters. The molecule has 4 rings (SSSR count). The fraction of sp³-hybridized carbons (Fsp3) is 0.308. The fourth-order valence-electron chi connectivity index (χ4n) is 4.83. The number of hydrogen-bond acceptors (Lipinski definition) is 7. The largest absolute Gasteiger partial charge is 0.443 e. The second kappa shape index (κ2) is 19.9. The third-order valence-electron chi connectivity index (χ3n) is 7.41. The summed E-state index contributed by atoms with van der Waals surface area (Å²) < 4.78 is 42.6. The highest BCUT2D eigenvalue weighted by molar-refractivity contribution is 9.10. The first kappa shape index (κ1) is 45.2. The number of nitrogens with zero attached hydrogens (tertiary/aromatic N) is 3. The van der Waals surface area contributed by atoms with Gasteiger partial charge in [0.05, 0.1) is 12.0 Å². The van der Waals surface area contributed by atoms with Gasteiger partial charge in [0.1, 0.15) is 5.60 Å². The van der Waals surface area contributed by atoms with Gasteiger partial charge in [0, 0.05) is 86.5 Å². The summed E-state index contributed by atoms with van der Waals surface area (Å²) in [5, 5.41) is 3.50. The SMILES string of the molecule is CN(C)c1cc(Br)cc(C(F)(F)F)c1.CN(C)c1cc(Cl)cc(CC(N)=O)c1.CN(C)c1cccc(C(=O)Nc2ccc(CC(C)(C)OC(N)=O)cc2)c1. The van der Waals surface area contributed by atoms with Crippen LogP contribution < -0.4 is 31.5 Å². The molecule has 292 valence electrons. The topological polar surface area (TPSA) is 134 Å². The van der Waals surface area contributed by atoms with E-state index in [0.717, 1.165) is 34.6 Å². The van der Waals surface area contributed by atoms with Crippen LogP contribution in [-0.2, 0) is 28.5 Å². The Hall–Kier alpha value is -4.95. The number of anilines is 4. The van der Waals surface area contributed by atoms with Crippen molar-refractivity contribution >= 4 is 68.2 Å². The van der Waals surface area contributed by atoms with Crippen LogP contribution in [0.25, 0.3) is 0 Å². The number of nitrogens with two attached hydrogens (primary N) is 2. The summed E-state index contributed by atoms with van der Waals surface area (Å²) in [6.45, 7) is 3.59. The molecule has 0 aliphatic heterocycles. The number of halogens is 5. The van der Waals surface area contributed by atoms with Gasteiger partial charge in [0.2, 0.25) is 5.91 Å². The first-order valence-electron chi connectivity index (χ1n) is 16.4. The molecule has 0 aromatic heterocycles. The summed E-state index contributed by atoms with van der Waals surface area (Å²) in [6.07, 6.45) is -4.34. The molecule has 0 aliphatic carbocycles. The van der Waals surface area contributed by atoms with Gasteiger partial charge in [0.25, 0.3) is 5.91 Å². The quantitative estimate of drug-likeness (QED) is 0.146. The molecule has 54 heavy (non-hydrogen) atoms. The van der Waals surface area contributed by atoms with E-state index in [9.17, 15) is 27.6 Å². The minimum Gasteiger partial charge on any atom is -0.443 e. The molecule has 0 spiro atoms. The number of primary amides is 2. The van der Waals surface area contributed by atoms with Gasteiger partial charge in [0.15, 0.2) is 0 Å². The van der Waals surface area contributed by atoms with Crippen LogP contribution in [0.15, 0.2) is 89.4 Å². The summed E-state index contributed by atoms with van der Waals surface area (Å²) in [5.74, 6) is -0.518. The molecule has 0 radical (unpaired) electrons. The van der Waals surface area contributed by atoms with Gasteiger partial charge in [-0.05, 0) is 91.7 Å². The molecule has 4 aromatic carbocycles. The number of hydrogen-bond donors (Lipinski definition) is 3. The van der Waals surface area contributed by atoms with Gasteiger partial charge in [-0.1, -0.05) is 45.7 Å². The van der Waals surface area contributed by atoms with E-state index in [0.29, 0.717) is 32.9 Å². The van der Waals surface area contributed by atoms with Gasteiger partial charge in [-0.2, -0.15) is 13.2 Å². The number of rotatable bonds is 10. The van der Waals surface area contributed by atoms with Gasteiger partial charge in [-0.25, -0.2) is 4.79 Å². The molecule has 0 fully saturated rings. The van der Waals surface area contributed by atoms with Crippen LogP contribution in [-0.4, -0.2) is 65.8 Å². The Morgan fingerprint density at radius 3 is 1.85 bits per heavy atom. The maximum atomic E-state index is 12.4. The Morgan fingerprint density at radius 2 is 1.33 bits per heavy atom. The molecule has 0 saturated carbocycles. The van der Waals surface area contributed by atoms with Crippen molar-refractivity contribution in [1.82, 2.24) is 0 Å². The first-order valence-corrected chi connectivity index (χ1v) is 17.6. The van der Waals surface area contributed by atoms with E-state index in [1.807, 2.05) is 92.6 Å². The third kappa shape index (κ3) is 16.0. The Balaban J connectivity index is 0.000000305. The van der Waals surface area contributed by atoms with Gasteiger partial charge in [-0.15, -0.1) is 0 Å². The predicted octanol–water partition coefficient (Wildman–Crippen LogP) is 8.39. The van der Waals surface area contributed by atoms with Gasteiger partial charge < -0.3 is 36.2 Å². The molecule has 15 heteroatoms. The number of benzene rings is 4. The number of carbonyl (C=O) groups is 3. The minimum atomic E-state index is -4.30. The van der Waals surface area contributed by atoms with Crippen molar-refractivity contribution in [2.75, 3.05) is 62.3 Å². The second-order valence-corrected chi connectivity index (χ2v) is 14.8. The van der Waals surface area contributed by atoms with E-state index in [4.69, 9.17) is 27.8 Å². The van der Waals surface area contributed by atoms with Crippen molar-refractivity contribution in [3.8, 4) is 0 Å². The molecule has 0 saturated heterocycles. The minimum absolute atomic E-state index is 0.168. The zero-order chi connectivity index (χ0) is 41.0. The van der Waals surface area contributed by atoms with Crippen LogP contribution in [0.5, 0.6) is 0 Å². The number of amides is 3. The van der Waals surface area contributed by atoms with Gasteiger partial charge in [-0.3, -0.25) is 9.59 Å². The average Bonchev–Trinajstić information content (AvgIpc) is 3.04. The zero-order valence-electron chi connectivity index (χ0n) is 31.5. The molecule has 5 N–H and O–H groups in total. The highest BCUT2D eigenvalue weighted by Gasteiger charge is 2.31. The Bertz CT molecular complexity index is 1890. The number of alkyl halides is 3. The Kier molecular flexibility index (Phi) is 16.7. The molecule has 0 atom stereocenters. The summed E-state index contributed by atoms with van der Waals surface area (Å²) in [6, 6.07) is 24.1. The van der Waals surface area contributed by atoms with Crippen molar-refractivity contribution < 1.29 is 32.3 Å². The molecule has 3 amide bonds. The maximum Gasteiger partial charge on any atom is 0.416 e. The van der Waals surface area contributed by atoms with E-state index in [-0.39, 0.29) is 18.2 Å². The highest BCUT2D eigenvalue weighted by atomic mass is 79.9. The Morgan fingerprint density at radius 1 is 0.759 bits per heavy atom. The van der Waals surface area contributed by atoms with Crippen LogP contribution in [0, 0.1) is 0 Å². The number of ether oxygens (including phenoxy) is 1. The van der Waals surface area contributed by atoms with E-state index >= 15 is 0 Å². The summed E-state index contributed by atoms with van der Waals surface area (Å²) >= 11 is 8.95. The standard InChI is InChI=1S/C20H25N3O3.C10H13ClN2O.C9H9BrF3N/c1-20(2,26-19(21)25)13-14-8-10-16(11-9-14)22-18(24)15-6-5-7-17(12-15)23(3)4;1-13(2)9-4-7(5-10(12)14)3-8(11)6-9;1-14(2)8-4-6(9(11,12)13)3-7(10)5-8/h5-12H,13H2,1-4H3,(H2,21,25)(H,22,24);3-4,6H,5H2,1-2H3,(H2,12,14);3-5H,1-2H3. The second-order valence-electron chi connectivity index (χ2n) is 13.4. The third-order valence-corrected chi connectivity index (χ3v) is 8.08. The van der Waals surface area contributed by atoms with Crippen LogP contribution in [0.2, 0.25) is 5.02 Å². The smallest absolute Gasteiger partial charge is 0.416 e. The summed E-state index contributed by atoms with van der Waals surface area (Å²) in [7, 11) is 11.1. The van der Waals surface area contributed by atoms with Gasteiger partial charge >= 0.3 is 12.3 Å². The molecular weight excluding hydrogens is 789 g/mol. The molecule has 0 bridgehead atoms. The molecular formula is C39H47BrClF3N6O4. The van der Waals surface area contributed by atoms with Crippen molar-refractivity contribution in [3.63, 3.8) is 0 Å². The average molecular weight is 836 g/mol. The lowest BCUT2D eigenvalue weighted by Crippen LogP contribution is -2.33. The Labute approximate surface area is 328 Å². The monoisotopic (exact) mass is 834 g/mol. The summed E-state index contributed by atoms with van der Waals surface area (Å²) in [4.78, 5) is 39.6. The molecule has 0 aliphatic rings. The lowest BCUT2D eigenvalue weighted by Gasteiger charge is -2.24. The van der Waals surface area contributed by atoms with E-state index in [2.05, 4.69) is 21.2 Å². The maximum absolute atomic E-state index is 12.4. The van der Waals surface area contributed by atoms with Crippen molar-refractivity contribution in [1.29, 1.82) is 0 Å². The predicted molar refractivity (Wildman–Crippen MR) is 216 cm³/mol. The summed E-state index contributed by atoms with van der Waals surface area (Å²) in [5.41, 5.74) is 14.4. The van der Waals surface area contributed by atoms with E-state index in [1.54, 1.807) is 51.0 Å². The normalized spacial score (nSPS) is 10.8. The van der Waals surface area contributed by atoms with Crippen LogP contribution in [0.1, 0.15) is 40.9 Å².